The molecule has 0 aliphatic rings. The van der Waals surface area contributed by atoms with E-state index in [4.69, 9.17) is 4.74 Å². The zero-order valence-corrected chi connectivity index (χ0v) is 10.3. The van der Waals surface area contributed by atoms with Crippen LogP contribution in [0.1, 0.15) is 5.56 Å². The van der Waals surface area contributed by atoms with Crippen LogP contribution in [0.15, 0.2) is 55.1 Å². The van der Waals surface area contributed by atoms with Crippen molar-refractivity contribution in [2.45, 2.75) is 0 Å². The lowest BCUT2D eigenvalue weighted by atomic mass is 9.98. The maximum atomic E-state index is 5.64. The summed E-state index contributed by atoms with van der Waals surface area (Å²) in [6, 6.07) is 16.7. The lowest BCUT2D eigenvalue weighted by Crippen LogP contribution is -1.89. The molecule has 0 spiro atoms. The quantitative estimate of drug-likeness (QED) is 0.587. The molecule has 0 radical (unpaired) electrons. The maximum Gasteiger partial charge on any atom is 0.135 e. The summed E-state index contributed by atoms with van der Waals surface area (Å²) in [6.45, 7) is 3.88. The molecule has 1 heteroatoms. The molecule has 0 bridgehead atoms. The highest BCUT2D eigenvalue weighted by atomic mass is 16.5. The molecular weight excluding hydrogens is 220 g/mol. The smallest absolute Gasteiger partial charge is 0.135 e. The average molecular weight is 234 g/mol. The lowest BCUT2D eigenvalue weighted by molar-refractivity contribution is 0.424. The zero-order chi connectivity index (χ0) is 12.5. The van der Waals surface area contributed by atoms with Crippen LogP contribution in [0.3, 0.4) is 0 Å². The molecule has 0 unspecified atom stereocenters. The summed E-state index contributed by atoms with van der Waals surface area (Å²) < 4.78 is 5.64. The number of fused-ring (bicyclic) bond motifs is 2. The molecule has 88 valence electrons. The van der Waals surface area contributed by atoms with Crippen LogP contribution < -0.4 is 4.74 Å². The van der Waals surface area contributed by atoms with Gasteiger partial charge in [0.2, 0.25) is 0 Å². The van der Waals surface area contributed by atoms with Crippen molar-refractivity contribution in [3.63, 3.8) is 0 Å². The minimum Gasteiger partial charge on any atom is -0.495 e. The predicted octanol–water partition coefficient (Wildman–Crippen LogP) is 4.64. The molecule has 3 aromatic rings. The molecule has 0 aromatic heterocycles. The van der Waals surface area contributed by atoms with E-state index in [9.17, 15) is 0 Å². The van der Waals surface area contributed by atoms with Crippen LogP contribution in [0, 0.1) is 0 Å². The van der Waals surface area contributed by atoms with Crippen molar-refractivity contribution in [2.75, 3.05) is 7.11 Å². The lowest BCUT2D eigenvalue weighted by Gasteiger charge is -2.12. The molecule has 0 atom stereocenters. The summed E-state index contributed by atoms with van der Waals surface area (Å²) in [5.74, 6) is 0.929. The molecule has 18 heavy (non-hydrogen) atoms. The van der Waals surface area contributed by atoms with E-state index in [1.807, 2.05) is 24.3 Å². The largest absolute Gasteiger partial charge is 0.495 e. The van der Waals surface area contributed by atoms with Gasteiger partial charge in [-0.05, 0) is 22.4 Å². The Morgan fingerprint density at radius 3 is 2.56 bits per heavy atom. The van der Waals surface area contributed by atoms with Crippen LogP contribution >= 0.6 is 0 Å². The molecule has 0 aliphatic heterocycles. The van der Waals surface area contributed by atoms with E-state index in [-0.39, 0.29) is 0 Å². The summed E-state index contributed by atoms with van der Waals surface area (Å²) in [7, 11) is 1.72. The van der Waals surface area contributed by atoms with Gasteiger partial charge in [0.15, 0.2) is 0 Å². The Bertz CT molecular complexity index is 741. The molecular formula is C17H14O. The molecule has 0 N–H and O–H groups in total. The second-order valence-corrected chi connectivity index (χ2v) is 4.28. The summed E-state index contributed by atoms with van der Waals surface area (Å²) in [6.07, 6.45) is 1.87. The molecule has 0 amide bonds. The highest BCUT2D eigenvalue weighted by molar-refractivity contribution is 6.08. The molecule has 0 saturated heterocycles. The Hall–Kier alpha value is -2.28. The van der Waals surface area contributed by atoms with E-state index >= 15 is 0 Å². The van der Waals surface area contributed by atoms with E-state index in [2.05, 4.69) is 36.9 Å². The number of hydrogen-bond acceptors (Lipinski definition) is 1. The third kappa shape index (κ3) is 1.48. The minimum absolute atomic E-state index is 0.929. The van der Waals surface area contributed by atoms with Crippen LogP contribution in [0.5, 0.6) is 5.75 Å². The second kappa shape index (κ2) is 4.19. The van der Waals surface area contributed by atoms with Gasteiger partial charge in [0.25, 0.3) is 0 Å². The Kier molecular flexibility index (Phi) is 2.52. The van der Waals surface area contributed by atoms with Gasteiger partial charge in [-0.3, -0.25) is 0 Å². The summed E-state index contributed by atoms with van der Waals surface area (Å²) >= 11 is 0. The van der Waals surface area contributed by atoms with E-state index in [0.717, 1.165) is 22.1 Å². The van der Waals surface area contributed by atoms with Gasteiger partial charge in [-0.1, -0.05) is 55.1 Å². The molecule has 1 nitrogen and oxygen atoms in total. The van der Waals surface area contributed by atoms with Gasteiger partial charge in [-0.25, -0.2) is 0 Å². The molecule has 0 heterocycles. The topological polar surface area (TPSA) is 9.23 Å². The van der Waals surface area contributed by atoms with Crippen molar-refractivity contribution < 1.29 is 4.74 Å². The van der Waals surface area contributed by atoms with Gasteiger partial charge in [-0.15, -0.1) is 0 Å². The van der Waals surface area contributed by atoms with Crippen LogP contribution in [0.4, 0.5) is 0 Å². The minimum atomic E-state index is 0.929. The number of ether oxygens (including phenoxy) is 1. The number of benzene rings is 3. The van der Waals surface area contributed by atoms with Gasteiger partial charge in [-0.2, -0.15) is 0 Å². The van der Waals surface area contributed by atoms with Gasteiger partial charge in [0.05, 0.1) is 7.11 Å². The van der Waals surface area contributed by atoms with E-state index < -0.39 is 0 Å². The predicted molar refractivity (Wildman–Crippen MR) is 78.1 cm³/mol. The van der Waals surface area contributed by atoms with Crippen molar-refractivity contribution in [3.8, 4) is 5.75 Å². The second-order valence-electron chi connectivity index (χ2n) is 4.28. The Balaban J connectivity index is 2.59. The van der Waals surface area contributed by atoms with Crippen LogP contribution in [0.2, 0.25) is 0 Å². The fourth-order valence-electron chi connectivity index (χ4n) is 2.49. The highest BCUT2D eigenvalue weighted by Gasteiger charge is 2.09. The van der Waals surface area contributed by atoms with Gasteiger partial charge in [0, 0.05) is 10.8 Å². The fraction of sp³-hybridized carbons (Fsp3) is 0.0588. The monoisotopic (exact) mass is 234 g/mol. The summed E-state index contributed by atoms with van der Waals surface area (Å²) in [4.78, 5) is 0. The fourth-order valence-corrected chi connectivity index (χ4v) is 2.49. The maximum absolute atomic E-state index is 5.64. The molecule has 3 aromatic carbocycles. The van der Waals surface area contributed by atoms with Crippen molar-refractivity contribution >= 4 is 27.6 Å². The Morgan fingerprint density at radius 1 is 1.00 bits per heavy atom. The summed E-state index contributed by atoms with van der Waals surface area (Å²) in [5, 5.41) is 4.65. The highest BCUT2D eigenvalue weighted by Crippen LogP contribution is 2.36. The summed E-state index contributed by atoms with van der Waals surface area (Å²) in [5.41, 5.74) is 1.11. The normalized spacial score (nSPS) is 10.7. The number of rotatable bonds is 2. The third-order valence-corrected chi connectivity index (χ3v) is 3.30. The van der Waals surface area contributed by atoms with E-state index in [0.29, 0.717) is 0 Å². The van der Waals surface area contributed by atoms with Crippen LogP contribution in [0.25, 0.3) is 27.6 Å². The van der Waals surface area contributed by atoms with Crippen molar-refractivity contribution in [2.24, 2.45) is 0 Å². The van der Waals surface area contributed by atoms with E-state index in [1.165, 1.54) is 10.8 Å². The molecule has 0 fully saturated rings. The van der Waals surface area contributed by atoms with Gasteiger partial charge in [0.1, 0.15) is 5.75 Å². The van der Waals surface area contributed by atoms with Crippen molar-refractivity contribution in [3.05, 3.63) is 60.7 Å². The first kappa shape index (κ1) is 10.8. The molecule has 3 rings (SSSR count). The van der Waals surface area contributed by atoms with Crippen molar-refractivity contribution in [1.29, 1.82) is 0 Å². The Morgan fingerprint density at radius 2 is 1.78 bits per heavy atom. The van der Waals surface area contributed by atoms with Gasteiger partial charge >= 0.3 is 0 Å². The number of methoxy groups -OCH3 is 1. The molecule has 0 aliphatic carbocycles. The van der Waals surface area contributed by atoms with Gasteiger partial charge < -0.3 is 4.74 Å². The average Bonchev–Trinajstić information content (AvgIpc) is 2.44. The standard InChI is InChI=1S/C17H14O/c1-3-12-8-6-9-14-11-13-7-4-5-10-15(13)17(18-2)16(12)14/h3-11H,1H2,2H3. The van der Waals surface area contributed by atoms with Crippen LogP contribution in [-0.2, 0) is 0 Å². The first-order chi connectivity index (χ1) is 8.85. The van der Waals surface area contributed by atoms with Crippen LogP contribution in [-0.4, -0.2) is 7.11 Å². The third-order valence-electron chi connectivity index (χ3n) is 3.30. The SMILES string of the molecule is C=Cc1cccc2cc3ccccc3c(OC)c12. The first-order valence-electron chi connectivity index (χ1n) is 5.96. The van der Waals surface area contributed by atoms with Crippen molar-refractivity contribution in [1.82, 2.24) is 0 Å². The molecule has 0 saturated carbocycles. The van der Waals surface area contributed by atoms with E-state index in [1.54, 1.807) is 7.11 Å². The first-order valence-corrected chi connectivity index (χ1v) is 5.96. The number of hydrogen-bond donors (Lipinski definition) is 0. The zero-order valence-electron chi connectivity index (χ0n) is 10.3. The Labute approximate surface area is 106 Å².